The van der Waals surface area contributed by atoms with Gasteiger partial charge in [-0.25, -0.2) is 0 Å². The molecule has 1 aliphatic heterocycles. The van der Waals surface area contributed by atoms with Gasteiger partial charge in [0.15, 0.2) is 4.32 Å². The van der Waals surface area contributed by atoms with Gasteiger partial charge in [-0.3, -0.25) is 9.47 Å². The largest absolute Gasteiger partial charge is 0.285 e. The standard InChI is InChI=1S/C23H20N2OS3/c1-15-4-10-19(11-5-15)28-20-12-8-18(9-13-20)14-21-22(26)25(23(27)29-21)24-16(2)6-7-17(24)3/h4-14H,1-3H3/b21-14-. The first kappa shape index (κ1) is 20.0. The number of rotatable bonds is 4. The topological polar surface area (TPSA) is 25.2 Å². The molecule has 1 fully saturated rings. The molecule has 146 valence electrons. The van der Waals surface area contributed by atoms with Crippen molar-refractivity contribution in [3.63, 3.8) is 0 Å². The van der Waals surface area contributed by atoms with Crippen molar-refractivity contribution < 1.29 is 4.79 Å². The second-order valence-electron chi connectivity index (χ2n) is 6.91. The third-order valence-corrected chi connectivity index (χ3v) is 6.94. The fourth-order valence-electron chi connectivity index (χ4n) is 3.13. The van der Waals surface area contributed by atoms with Gasteiger partial charge in [-0.2, -0.15) is 5.01 Å². The first-order chi connectivity index (χ1) is 13.9. The summed E-state index contributed by atoms with van der Waals surface area (Å²) in [6.45, 7) is 6.03. The molecule has 0 N–H and O–H groups in total. The van der Waals surface area contributed by atoms with Crippen molar-refractivity contribution in [1.29, 1.82) is 0 Å². The molecule has 1 amide bonds. The fourth-order valence-corrected chi connectivity index (χ4v) is 5.19. The van der Waals surface area contributed by atoms with Crippen molar-refractivity contribution in [3.05, 3.63) is 88.1 Å². The quantitative estimate of drug-likeness (QED) is 0.364. The highest BCUT2D eigenvalue weighted by Crippen LogP contribution is 2.33. The lowest BCUT2D eigenvalue weighted by atomic mass is 10.2. The van der Waals surface area contributed by atoms with Gasteiger partial charge < -0.3 is 0 Å². The van der Waals surface area contributed by atoms with Crippen LogP contribution in [0.1, 0.15) is 22.5 Å². The lowest BCUT2D eigenvalue weighted by Gasteiger charge is -2.20. The van der Waals surface area contributed by atoms with Crippen LogP contribution in [0.15, 0.2) is 75.4 Å². The minimum Gasteiger partial charge on any atom is -0.266 e. The first-order valence-corrected chi connectivity index (χ1v) is 11.2. The van der Waals surface area contributed by atoms with Crippen molar-refractivity contribution in [2.75, 3.05) is 5.01 Å². The van der Waals surface area contributed by atoms with E-state index in [1.807, 2.05) is 48.9 Å². The van der Waals surface area contributed by atoms with E-state index in [1.165, 1.54) is 22.2 Å². The zero-order valence-electron chi connectivity index (χ0n) is 16.4. The predicted octanol–water partition coefficient (Wildman–Crippen LogP) is 6.10. The van der Waals surface area contributed by atoms with E-state index in [9.17, 15) is 4.79 Å². The third-order valence-electron chi connectivity index (χ3n) is 4.64. The summed E-state index contributed by atoms with van der Waals surface area (Å²) >= 11 is 8.55. The van der Waals surface area contributed by atoms with Crippen molar-refractivity contribution in [3.8, 4) is 0 Å². The minimum absolute atomic E-state index is 0.0829. The Hall–Kier alpha value is -2.28. The molecule has 1 saturated heterocycles. The molecule has 1 aromatic heterocycles. The molecule has 3 nitrogen and oxygen atoms in total. The zero-order chi connectivity index (χ0) is 20.5. The number of nitrogens with zero attached hydrogens (tertiary/aromatic N) is 2. The molecule has 4 rings (SSSR count). The molecule has 0 atom stereocenters. The Morgan fingerprint density at radius 1 is 0.862 bits per heavy atom. The van der Waals surface area contributed by atoms with E-state index in [-0.39, 0.29) is 5.91 Å². The van der Waals surface area contributed by atoms with Crippen LogP contribution in [-0.2, 0) is 4.79 Å². The minimum atomic E-state index is -0.0829. The van der Waals surface area contributed by atoms with Gasteiger partial charge in [0, 0.05) is 21.2 Å². The molecule has 2 heterocycles. The van der Waals surface area contributed by atoms with Crippen LogP contribution in [0.2, 0.25) is 0 Å². The van der Waals surface area contributed by atoms with Crippen LogP contribution in [0.4, 0.5) is 0 Å². The van der Waals surface area contributed by atoms with Gasteiger partial charge in [-0.05, 0) is 81.0 Å². The van der Waals surface area contributed by atoms with E-state index in [1.54, 1.807) is 16.8 Å². The van der Waals surface area contributed by atoms with E-state index >= 15 is 0 Å². The monoisotopic (exact) mass is 436 g/mol. The van der Waals surface area contributed by atoms with Crippen LogP contribution in [0.25, 0.3) is 6.08 Å². The van der Waals surface area contributed by atoms with Crippen LogP contribution in [0.5, 0.6) is 0 Å². The average Bonchev–Trinajstić information content (AvgIpc) is 3.16. The highest BCUT2D eigenvalue weighted by molar-refractivity contribution is 8.27. The fraction of sp³-hybridized carbons (Fsp3) is 0.130. The second kappa shape index (κ2) is 8.22. The molecule has 3 aromatic rings. The Bertz CT molecular complexity index is 1090. The molecule has 1 aliphatic rings. The van der Waals surface area contributed by atoms with E-state index < -0.39 is 0 Å². The molecule has 29 heavy (non-hydrogen) atoms. The molecule has 0 aliphatic carbocycles. The van der Waals surface area contributed by atoms with Crippen LogP contribution >= 0.6 is 35.7 Å². The van der Waals surface area contributed by atoms with Crippen molar-refractivity contribution in [2.24, 2.45) is 0 Å². The highest BCUT2D eigenvalue weighted by atomic mass is 32.2. The highest BCUT2D eigenvalue weighted by Gasteiger charge is 2.34. The Kier molecular flexibility index (Phi) is 5.67. The van der Waals surface area contributed by atoms with Crippen LogP contribution in [-0.4, -0.2) is 14.9 Å². The molecule has 0 unspecified atom stereocenters. The summed E-state index contributed by atoms with van der Waals surface area (Å²) < 4.78 is 2.43. The van der Waals surface area contributed by atoms with Crippen molar-refractivity contribution in [2.45, 2.75) is 30.6 Å². The Balaban J connectivity index is 1.53. The van der Waals surface area contributed by atoms with Crippen LogP contribution < -0.4 is 5.01 Å². The second-order valence-corrected chi connectivity index (χ2v) is 9.73. The van der Waals surface area contributed by atoms with E-state index in [0.717, 1.165) is 21.8 Å². The summed E-state index contributed by atoms with van der Waals surface area (Å²) in [7, 11) is 0. The number of carbonyl (C=O) groups is 1. The zero-order valence-corrected chi connectivity index (χ0v) is 18.8. The van der Waals surface area contributed by atoms with Gasteiger partial charge in [-0.1, -0.05) is 53.4 Å². The molecule has 0 bridgehead atoms. The van der Waals surface area contributed by atoms with E-state index in [4.69, 9.17) is 12.2 Å². The van der Waals surface area contributed by atoms with E-state index in [2.05, 4.69) is 43.3 Å². The van der Waals surface area contributed by atoms with E-state index in [0.29, 0.717) is 9.23 Å². The Morgan fingerprint density at radius 3 is 2.00 bits per heavy atom. The summed E-state index contributed by atoms with van der Waals surface area (Å²) in [5.74, 6) is -0.0829. The van der Waals surface area contributed by atoms with Gasteiger partial charge in [-0.15, -0.1) is 0 Å². The Morgan fingerprint density at radius 2 is 1.41 bits per heavy atom. The van der Waals surface area contributed by atoms with Gasteiger partial charge in [0.2, 0.25) is 0 Å². The molecule has 0 radical (unpaired) electrons. The summed E-state index contributed by atoms with van der Waals surface area (Å²) in [6.07, 6.45) is 1.91. The number of hydrogen-bond acceptors (Lipinski definition) is 4. The molecule has 0 saturated carbocycles. The number of amides is 1. The molecule has 0 spiro atoms. The lowest BCUT2D eigenvalue weighted by Crippen LogP contribution is -2.39. The van der Waals surface area contributed by atoms with Gasteiger partial charge >= 0.3 is 0 Å². The summed E-state index contributed by atoms with van der Waals surface area (Å²) in [5, 5.41) is 1.58. The Labute approximate surface area is 184 Å². The summed E-state index contributed by atoms with van der Waals surface area (Å²) in [5.41, 5.74) is 4.21. The number of aryl methyl sites for hydroxylation is 3. The molecule has 6 heteroatoms. The molecule has 2 aromatic carbocycles. The van der Waals surface area contributed by atoms with Crippen LogP contribution in [0.3, 0.4) is 0 Å². The van der Waals surface area contributed by atoms with Gasteiger partial charge in [0.05, 0.1) is 4.91 Å². The maximum atomic E-state index is 13.0. The number of thiocarbonyl (C=S) groups is 1. The van der Waals surface area contributed by atoms with Crippen molar-refractivity contribution >= 4 is 52.0 Å². The number of hydrogen-bond donors (Lipinski definition) is 0. The number of thioether (sulfide) groups is 1. The first-order valence-electron chi connectivity index (χ1n) is 9.20. The maximum Gasteiger partial charge on any atom is 0.285 e. The number of carbonyl (C=O) groups excluding carboxylic acids is 1. The van der Waals surface area contributed by atoms with Crippen molar-refractivity contribution in [1.82, 2.24) is 4.68 Å². The molecular weight excluding hydrogens is 416 g/mol. The lowest BCUT2D eigenvalue weighted by molar-refractivity contribution is -0.114. The van der Waals surface area contributed by atoms with Gasteiger partial charge in [0.1, 0.15) is 0 Å². The normalized spacial score (nSPS) is 15.6. The molecular formula is C23H20N2OS3. The maximum absolute atomic E-state index is 13.0. The number of aromatic nitrogens is 1. The van der Waals surface area contributed by atoms with Gasteiger partial charge in [0.25, 0.3) is 5.91 Å². The van der Waals surface area contributed by atoms with Crippen LogP contribution in [0, 0.1) is 20.8 Å². The average molecular weight is 437 g/mol. The SMILES string of the molecule is Cc1ccc(Sc2ccc(/C=C3\SC(=S)N(n4c(C)ccc4C)C3=O)cc2)cc1. The summed E-state index contributed by atoms with van der Waals surface area (Å²) in [6, 6.07) is 20.7. The smallest absolute Gasteiger partial charge is 0.266 e. The number of benzene rings is 2. The third kappa shape index (κ3) is 4.20. The predicted molar refractivity (Wildman–Crippen MR) is 127 cm³/mol. The summed E-state index contributed by atoms with van der Waals surface area (Å²) in [4.78, 5) is 16.0.